The molecule has 0 aliphatic heterocycles. The maximum atomic E-state index is 5.39. The quantitative estimate of drug-likeness (QED) is 0.696. The minimum Gasteiger partial charge on any atom is -0.497 e. The first-order valence-corrected chi connectivity index (χ1v) is 6.61. The predicted octanol–water partition coefficient (Wildman–Crippen LogP) is 2.12. The molecule has 0 saturated carbocycles. The summed E-state index contributed by atoms with van der Waals surface area (Å²) in [4.78, 5) is 0. The summed E-state index contributed by atoms with van der Waals surface area (Å²) in [5.74, 6) is 2.32. The lowest BCUT2D eigenvalue weighted by Crippen LogP contribution is -2.25. The van der Waals surface area contributed by atoms with Crippen molar-refractivity contribution in [3.63, 3.8) is 0 Å². The largest absolute Gasteiger partial charge is 0.497 e. The highest BCUT2D eigenvalue weighted by Gasteiger charge is 2.09. The van der Waals surface area contributed by atoms with Gasteiger partial charge in [0.1, 0.15) is 11.5 Å². The maximum Gasteiger partial charge on any atom is 0.122 e. The molecule has 0 amide bonds. The molecule has 108 valence electrons. The highest BCUT2D eigenvalue weighted by molar-refractivity contribution is 5.40. The van der Waals surface area contributed by atoms with Gasteiger partial charge < -0.3 is 19.5 Å². The van der Waals surface area contributed by atoms with E-state index in [0.717, 1.165) is 37.6 Å². The number of nitrogens with one attached hydrogen (secondary N) is 1. The molecular formula is C15H25NO3. The predicted molar refractivity (Wildman–Crippen MR) is 77.2 cm³/mol. The first-order chi connectivity index (χ1) is 9.21. The molecule has 1 N–H and O–H groups in total. The van der Waals surface area contributed by atoms with Crippen LogP contribution in [-0.2, 0) is 11.2 Å². The number of benzene rings is 1. The summed E-state index contributed by atoms with van der Waals surface area (Å²) in [6, 6.07) is 5.92. The minimum atomic E-state index is 0.526. The fraction of sp³-hybridized carbons (Fsp3) is 0.600. The monoisotopic (exact) mass is 267 g/mol. The standard InChI is InChI=1S/C15H25NO3/c1-12(11-16-7-8-17-2)9-13-10-14(18-3)5-6-15(13)19-4/h5-6,10,12,16H,7-9,11H2,1-4H3. The van der Waals surface area contributed by atoms with E-state index in [1.54, 1.807) is 21.3 Å². The van der Waals surface area contributed by atoms with E-state index in [0.29, 0.717) is 5.92 Å². The number of rotatable bonds is 9. The Morgan fingerprint density at radius 2 is 1.95 bits per heavy atom. The van der Waals surface area contributed by atoms with E-state index in [9.17, 15) is 0 Å². The molecule has 0 bridgehead atoms. The number of hydrogen-bond donors (Lipinski definition) is 1. The van der Waals surface area contributed by atoms with E-state index in [1.807, 2.05) is 18.2 Å². The molecule has 0 heterocycles. The van der Waals surface area contributed by atoms with Gasteiger partial charge >= 0.3 is 0 Å². The van der Waals surface area contributed by atoms with E-state index >= 15 is 0 Å². The van der Waals surface area contributed by atoms with Crippen LogP contribution in [0.2, 0.25) is 0 Å². The van der Waals surface area contributed by atoms with Crippen LogP contribution in [0, 0.1) is 5.92 Å². The molecule has 0 saturated heterocycles. The summed E-state index contributed by atoms with van der Waals surface area (Å²) < 4.78 is 15.7. The van der Waals surface area contributed by atoms with Crippen molar-refractivity contribution in [2.75, 3.05) is 41.0 Å². The molecular weight excluding hydrogens is 242 g/mol. The fourth-order valence-corrected chi connectivity index (χ4v) is 2.01. The second-order valence-electron chi connectivity index (χ2n) is 4.68. The van der Waals surface area contributed by atoms with Gasteiger partial charge in [0.2, 0.25) is 0 Å². The van der Waals surface area contributed by atoms with Crippen molar-refractivity contribution < 1.29 is 14.2 Å². The summed E-state index contributed by atoms with van der Waals surface area (Å²) in [6.07, 6.45) is 0.959. The molecule has 1 rings (SSSR count). The molecule has 0 aromatic heterocycles. The van der Waals surface area contributed by atoms with Crippen molar-refractivity contribution in [3.05, 3.63) is 23.8 Å². The van der Waals surface area contributed by atoms with Crippen LogP contribution in [0.4, 0.5) is 0 Å². The van der Waals surface area contributed by atoms with Crippen LogP contribution >= 0.6 is 0 Å². The Kier molecular flexibility index (Phi) is 7.30. The SMILES string of the molecule is COCCNCC(C)Cc1cc(OC)ccc1OC. The molecule has 19 heavy (non-hydrogen) atoms. The Morgan fingerprint density at radius 3 is 2.58 bits per heavy atom. The lowest BCUT2D eigenvalue weighted by atomic mass is 10.00. The Hall–Kier alpha value is -1.26. The second-order valence-corrected chi connectivity index (χ2v) is 4.68. The van der Waals surface area contributed by atoms with Crippen molar-refractivity contribution in [3.8, 4) is 11.5 Å². The van der Waals surface area contributed by atoms with Crippen LogP contribution < -0.4 is 14.8 Å². The Balaban J connectivity index is 2.54. The normalized spacial score (nSPS) is 12.2. The van der Waals surface area contributed by atoms with Gasteiger partial charge in [0.15, 0.2) is 0 Å². The molecule has 1 unspecified atom stereocenters. The molecule has 4 heteroatoms. The van der Waals surface area contributed by atoms with E-state index in [-0.39, 0.29) is 0 Å². The van der Waals surface area contributed by atoms with Gasteiger partial charge in [-0.2, -0.15) is 0 Å². The van der Waals surface area contributed by atoms with Gasteiger partial charge in [0.25, 0.3) is 0 Å². The Labute approximate surface area is 116 Å². The third-order valence-electron chi connectivity index (χ3n) is 3.03. The van der Waals surface area contributed by atoms with E-state index < -0.39 is 0 Å². The highest BCUT2D eigenvalue weighted by atomic mass is 16.5. The molecule has 0 aliphatic carbocycles. The maximum absolute atomic E-state index is 5.39. The summed E-state index contributed by atoms with van der Waals surface area (Å²) >= 11 is 0. The molecule has 1 aromatic rings. The van der Waals surface area contributed by atoms with Crippen molar-refractivity contribution >= 4 is 0 Å². The first kappa shape index (κ1) is 15.8. The fourth-order valence-electron chi connectivity index (χ4n) is 2.01. The number of methoxy groups -OCH3 is 3. The zero-order valence-corrected chi connectivity index (χ0v) is 12.4. The zero-order chi connectivity index (χ0) is 14.1. The van der Waals surface area contributed by atoms with Gasteiger partial charge in [0.05, 0.1) is 20.8 Å². The molecule has 0 aliphatic rings. The van der Waals surface area contributed by atoms with Crippen LogP contribution in [0.5, 0.6) is 11.5 Å². The van der Waals surface area contributed by atoms with Crippen molar-refractivity contribution in [1.29, 1.82) is 0 Å². The second kappa shape index (κ2) is 8.77. The summed E-state index contributed by atoms with van der Waals surface area (Å²) in [7, 11) is 5.10. The lowest BCUT2D eigenvalue weighted by Gasteiger charge is -2.15. The molecule has 1 atom stereocenters. The van der Waals surface area contributed by atoms with Crippen LogP contribution in [0.3, 0.4) is 0 Å². The van der Waals surface area contributed by atoms with E-state index in [4.69, 9.17) is 14.2 Å². The van der Waals surface area contributed by atoms with Gasteiger partial charge in [-0.25, -0.2) is 0 Å². The number of hydrogen-bond acceptors (Lipinski definition) is 4. The van der Waals surface area contributed by atoms with Crippen molar-refractivity contribution in [2.45, 2.75) is 13.3 Å². The van der Waals surface area contributed by atoms with Gasteiger partial charge in [-0.15, -0.1) is 0 Å². The van der Waals surface area contributed by atoms with Crippen molar-refractivity contribution in [1.82, 2.24) is 5.32 Å². The smallest absolute Gasteiger partial charge is 0.122 e. The van der Waals surface area contributed by atoms with Crippen molar-refractivity contribution in [2.24, 2.45) is 5.92 Å². The summed E-state index contributed by atoms with van der Waals surface area (Å²) in [5.41, 5.74) is 1.18. The topological polar surface area (TPSA) is 39.7 Å². The van der Waals surface area contributed by atoms with Crippen LogP contribution in [0.1, 0.15) is 12.5 Å². The first-order valence-electron chi connectivity index (χ1n) is 6.61. The third-order valence-corrected chi connectivity index (χ3v) is 3.03. The summed E-state index contributed by atoms with van der Waals surface area (Å²) in [6.45, 7) is 4.81. The molecule has 0 radical (unpaired) electrons. The summed E-state index contributed by atoms with van der Waals surface area (Å²) in [5, 5.41) is 3.38. The van der Waals surface area contributed by atoms with Crippen LogP contribution in [0.25, 0.3) is 0 Å². The van der Waals surface area contributed by atoms with Gasteiger partial charge in [-0.1, -0.05) is 6.92 Å². The number of ether oxygens (including phenoxy) is 3. The van der Waals surface area contributed by atoms with Crippen LogP contribution in [0.15, 0.2) is 18.2 Å². The van der Waals surface area contributed by atoms with Gasteiger partial charge in [-0.05, 0) is 42.6 Å². The van der Waals surface area contributed by atoms with Gasteiger partial charge in [0, 0.05) is 13.7 Å². The van der Waals surface area contributed by atoms with Gasteiger partial charge in [-0.3, -0.25) is 0 Å². The molecule has 4 nitrogen and oxygen atoms in total. The third kappa shape index (κ3) is 5.49. The lowest BCUT2D eigenvalue weighted by molar-refractivity contribution is 0.198. The molecule has 0 fully saturated rings. The van der Waals surface area contributed by atoms with E-state index in [2.05, 4.69) is 12.2 Å². The minimum absolute atomic E-state index is 0.526. The average Bonchev–Trinajstić information content (AvgIpc) is 2.43. The Bertz CT molecular complexity index is 368. The van der Waals surface area contributed by atoms with E-state index in [1.165, 1.54) is 5.56 Å². The zero-order valence-electron chi connectivity index (χ0n) is 12.4. The molecule has 1 aromatic carbocycles. The highest BCUT2D eigenvalue weighted by Crippen LogP contribution is 2.26. The van der Waals surface area contributed by atoms with Crippen LogP contribution in [-0.4, -0.2) is 41.0 Å². The molecule has 0 spiro atoms. The average molecular weight is 267 g/mol. The Morgan fingerprint density at radius 1 is 1.16 bits per heavy atom.